The fraction of sp³-hybridized carbons (Fsp3) is 1.00. The van der Waals surface area contributed by atoms with Gasteiger partial charge < -0.3 is 10.6 Å². The molecule has 0 aliphatic heterocycles. The molecule has 3 nitrogen and oxygen atoms in total. The average Bonchev–Trinajstić information content (AvgIpc) is 2.42. The van der Waals surface area contributed by atoms with E-state index in [2.05, 4.69) is 44.8 Å². The monoisotopic (exact) mass is 295 g/mol. The van der Waals surface area contributed by atoms with Crippen LogP contribution >= 0.6 is 0 Å². The molecular formula is C18H37N3. The van der Waals surface area contributed by atoms with E-state index in [-0.39, 0.29) is 5.54 Å². The van der Waals surface area contributed by atoms with Crippen molar-refractivity contribution >= 4 is 0 Å². The highest BCUT2D eigenvalue weighted by atomic mass is 15.3. The largest absolute Gasteiger partial charge is 0.329 e. The second kappa shape index (κ2) is 6.55. The quantitative estimate of drug-likeness (QED) is 0.818. The summed E-state index contributed by atoms with van der Waals surface area (Å²) < 4.78 is 0. The van der Waals surface area contributed by atoms with Crippen molar-refractivity contribution in [3.8, 4) is 0 Å². The topological polar surface area (TPSA) is 32.5 Å². The highest BCUT2D eigenvalue weighted by Gasteiger charge is 2.45. The standard InChI is InChI=1S/C18H37N3/c1-15(2)16-7-11-17(13-19,12-8-16)21(5)14-18(20(3)4)9-6-10-18/h15-16H,6-14,19H2,1-5H3. The van der Waals surface area contributed by atoms with Crippen LogP contribution in [0.2, 0.25) is 0 Å². The molecule has 0 spiro atoms. The Morgan fingerprint density at radius 1 is 1.00 bits per heavy atom. The number of hydrogen-bond acceptors (Lipinski definition) is 3. The van der Waals surface area contributed by atoms with E-state index in [9.17, 15) is 0 Å². The normalized spacial score (nSPS) is 32.7. The first-order chi connectivity index (χ1) is 9.85. The predicted molar refractivity (Wildman–Crippen MR) is 91.5 cm³/mol. The van der Waals surface area contributed by atoms with Crippen LogP contribution < -0.4 is 5.73 Å². The fourth-order valence-electron chi connectivity index (χ4n) is 4.53. The SMILES string of the molecule is CC(C)C1CCC(CN)(N(C)CC2(N(C)C)CCC2)CC1. The van der Waals surface area contributed by atoms with Gasteiger partial charge in [-0.3, -0.25) is 4.90 Å². The first kappa shape index (κ1) is 17.2. The Bertz CT molecular complexity index is 325. The third-order valence-electron chi connectivity index (χ3n) is 6.86. The van der Waals surface area contributed by atoms with E-state index in [4.69, 9.17) is 5.73 Å². The predicted octanol–water partition coefficient (Wildman–Crippen LogP) is 2.95. The zero-order valence-electron chi connectivity index (χ0n) is 15.0. The number of nitrogens with zero attached hydrogens (tertiary/aromatic N) is 2. The number of hydrogen-bond donors (Lipinski definition) is 1. The summed E-state index contributed by atoms with van der Waals surface area (Å²) in [5.74, 6) is 1.73. The maximum Gasteiger partial charge on any atom is 0.0330 e. The molecule has 2 aliphatic carbocycles. The molecule has 0 heterocycles. The molecule has 0 atom stereocenters. The van der Waals surface area contributed by atoms with Gasteiger partial charge in [-0.15, -0.1) is 0 Å². The van der Waals surface area contributed by atoms with Gasteiger partial charge in [-0.05, 0) is 77.9 Å². The molecule has 0 amide bonds. The number of likely N-dealkylation sites (N-methyl/N-ethyl adjacent to an activating group) is 2. The van der Waals surface area contributed by atoms with Gasteiger partial charge >= 0.3 is 0 Å². The summed E-state index contributed by atoms with van der Waals surface area (Å²) in [6.07, 6.45) is 9.36. The highest BCUT2D eigenvalue weighted by molar-refractivity contribution is 5.03. The first-order valence-electron chi connectivity index (χ1n) is 8.94. The molecule has 3 heteroatoms. The van der Waals surface area contributed by atoms with Gasteiger partial charge in [0.2, 0.25) is 0 Å². The lowest BCUT2D eigenvalue weighted by molar-refractivity contribution is -0.0255. The molecule has 0 aromatic carbocycles. The fourth-order valence-corrected chi connectivity index (χ4v) is 4.53. The van der Waals surface area contributed by atoms with Crippen molar-refractivity contribution in [2.75, 3.05) is 34.2 Å². The van der Waals surface area contributed by atoms with Crippen LogP contribution in [0.3, 0.4) is 0 Å². The van der Waals surface area contributed by atoms with Crippen molar-refractivity contribution in [1.82, 2.24) is 9.80 Å². The molecular weight excluding hydrogens is 258 g/mol. The lowest BCUT2D eigenvalue weighted by atomic mass is 9.70. The van der Waals surface area contributed by atoms with Crippen LogP contribution in [-0.2, 0) is 0 Å². The van der Waals surface area contributed by atoms with Crippen molar-refractivity contribution in [2.45, 2.75) is 69.9 Å². The molecule has 2 saturated carbocycles. The van der Waals surface area contributed by atoms with E-state index >= 15 is 0 Å². The van der Waals surface area contributed by atoms with Gasteiger partial charge in [-0.2, -0.15) is 0 Å². The van der Waals surface area contributed by atoms with E-state index in [0.717, 1.165) is 18.4 Å². The zero-order chi connectivity index (χ0) is 15.7. The van der Waals surface area contributed by atoms with Crippen LogP contribution in [0.25, 0.3) is 0 Å². The van der Waals surface area contributed by atoms with Crippen molar-refractivity contribution in [3.05, 3.63) is 0 Å². The molecule has 0 unspecified atom stereocenters. The Morgan fingerprint density at radius 2 is 1.57 bits per heavy atom. The van der Waals surface area contributed by atoms with Crippen LogP contribution in [-0.4, -0.2) is 55.1 Å². The maximum absolute atomic E-state index is 6.26. The van der Waals surface area contributed by atoms with E-state index in [1.165, 1.54) is 51.5 Å². The summed E-state index contributed by atoms with van der Waals surface area (Å²) in [5.41, 5.74) is 6.92. The Balaban J connectivity index is 2.00. The van der Waals surface area contributed by atoms with Crippen molar-refractivity contribution in [2.24, 2.45) is 17.6 Å². The van der Waals surface area contributed by atoms with E-state index in [0.29, 0.717) is 5.54 Å². The summed E-state index contributed by atoms with van der Waals surface area (Å²) in [7, 11) is 6.82. The second-order valence-corrected chi connectivity index (χ2v) is 8.34. The molecule has 2 fully saturated rings. The highest BCUT2D eigenvalue weighted by Crippen LogP contribution is 2.42. The van der Waals surface area contributed by atoms with Crippen LogP contribution in [0.1, 0.15) is 58.8 Å². The summed E-state index contributed by atoms with van der Waals surface area (Å²) in [6, 6.07) is 0. The lowest BCUT2D eigenvalue weighted by Crippen LogP contribution is -2.63. The average molecular weight is 296 g/mol. The van der Waals surface area contributed by atoms with E-state index < -0.39 is 0 Å². The maximum atomic E-state index is 6.26. The van der Waals surface area contributed by atoms with Crippen molar-refractivity contribution in [3.63, 3.8) is 0 Å². The molecule has 0 aromatic rings. The molecule has 2 aliphatic rings. The Morgan fingerprint density at radius 3 is 1.90 bits per heavy atom. The van der Waals surface area contributed by atoms with Gasteiger partial charge in [0.05, 0.1) is 0 Å². The lowest BCUT2D eigenvalue weighted by Gasteiger charge is -2.54. The molecule has 0 bridgehead atoms. The minimum atomic E-state index is 0.254. The summed E-state index contributed by atoms with van der Waals surface area (Å²) in [4.78, 5) is 5.08. The first-order valence-corrected chi connectivity index (χ1v) is 8.94. The summed E-state index contributed by atoms with van der Waals surface area (Å²) in [6.45, 7) is 6.75. The molecule has 0 radical (unpaired) electrons. The summed E-state index contributed by atoms with van der Waals surface area (Å²) in [5, 5.41) is 0. The molecule has 124 valence electrons. The molecule has 0 aromatic heterocycles. The number of nitrogens with two attached hydrogens (primary N) is 1. The Kier molecular flexibility index (Phi) is 5.38. The van der Waals surface area contributed by atoms with Gasteiger partial charge in [-0.1, -0.05) is 13.8 Å². The minimum Gasteiger partial charge on any atom is -0.329 e. The zero-order valence-corrected chi connectivity index (χ0v) is 15.0. The second-order valence-electron chi connectivity index (χ2n) is 8.34. The van der Waals surface area contributed by atoms with Gasteiger partial charge in [0.15, 0.2) is 0 Å². The smallest absolute Gasteiger partial charge is 0.0330 e. The van der Waals surface area contributed by atoms with Gasteiger partial charge in [-0.25, -0.2) is 0 Å². The Hall–Kier alpha value is -0.120. The van der Waals surface area contributed by atoms with Crippen LogP contribution in [0, 0.1) is 11.8 Å². The minimum absolute atomic E-state index is 0.254. The van der Waals surface area contributed by atoms with Crippen LogP contribution in [0.5, 0.6) is 0 Å². The van der Waals surface area contributed by atoms with Gasteiger partial charge in [0.1, 0.15) is 0 Å². The van der Waals surface area contributed by atoms with E-state index in [1.54, 1.807) is 0 Å². The molecule has 2 N–H and O–H groups in total. The molecule has 0 saturated heterocycles. The number of rotatable bonds is 6. The van der Waals surface area contributed by atoms with Crippen molar-refractivity contribution < 1.29 is 0 Å². The Labute approximate surface area is 132 Å². The van der Waals surface area contributed by atoms with Crippen LogP contribution in [0.15, 0.2) is 0 Å². The van der Waals surface area contributed by atoms with Gasteiger partial charge in [0.25, 0.3) is 0 Å². The van der Waals surface area contributed by atoms with E-state index in [1.807, 2.05) is 0 Å². The third-order valence-corrected chi connectivity index (χ3v) is 6.86. The summed E-state index contributed by atoms with van der Waals surface area (Å²) >= 11 is 0. The van der Waals surface area contributed by atoms with Crippen LogP contribution in [0.4, 0.5) is 0 Å². The molecule has 2 rings (SSSR count). The van der Waals surface area contributed by atoms with Gasteiger partial charge in [0, 0.05) is 24.2 Å². The molecule has 21 heavy (non-hydrogen) atoms. The van der Waals surface area contributed by atoms with Crippen molar-refractivity contribution in [1.29, 1.82) is 0 Å². The third kappa shape index (κ3) is 3.30.